The molecule has 0 unspecified atom stereocenters. The lowest BCUT2D eigenvalue weighted by Gasteiger charge is -2.38. The summed E-state index contributed by atoms with van der Waals surface area (Å²) in [5, 5.41) is 3.54. The van der Waals surface area contributed by atoms with E-state index in [2.05, 4.69) is 40.3 Å². The molecule has 0 amide bonds. The molecule has 2 aliphatic rings. The Labute approximate surface area is 169 Å². The summed E-state index contributed by atoms with van der Waals surface area (Å²) in [5.74, 6) is 2.04. The van der Waals surface area contributed by atoms with Crippen LogP contribution in [0.5, 0.6) is 5.75 Å². The fourth-order valence-electron chi connectivity index (χ4n) is 3.86. The van der Waals surface area contributed by atoms with Crippen LogP contribution in [0, 0.1) is 5.41 Å². The monoisotopic (exact) mass is 457 g/mol. The van der Waals surface area contributed by atoms with Gasteiger partial charge in [-0.1, -0.05) is 25.5 Å². The van der Waals surface area contributed by atoms with E-state index < -0.39 is 0 Å². The Morgan fingerprint density at radius 1 is 1.32 bits per heavy atom. The first-order valence-electron chi connectivity index (χ1n) is 9.42. The van der Waals surface area contributed by atoms with Crippen molar-refractivity contribution in [2.45, 2.75) is 45.4 Å². The molecule has 5 heteroatoms. The van der Waals surface area contributed by atoms with Crippen LogP contribution >= 0.6 is 24.0 Å². The topological polar surface area (TPSA) is 36.9 Å². The zero-order valence-electron chi connectivity index (χ0n) is 15.6. The lowest BCUT2D eigenvalue weighted by atomic mass is 9.68. The summed E-state index contributed by atoms with van der Waals surface area (Å²) >= 11 is 0. The van der Waals surface area contributed by atoms with Crippen LogP contribution in [0.4, 0.5) is 0 Å². The highest BCUT2D eigenvalue weighted by molar-refractivity contribution is 14.0. The van der Waals surface area contributed by atoms with E-state index in [4.69, 9.17) is 4.74 Å². The fourth-order valence-corrected chi connectivity index (χ4v) is 3.86. The molecule has 1 aromatic rings. The van der Waals surface area contributed by atoms with Gasteiger partial charge in [0.05, 0.1) is 6.61 Å². The normalized spacial score (nSPS) is 18.6. The first kappa shape index (κ1) is 20.3. The third-order valence-electron chi connectivity index (χ3n) is 5.43. The number of nitrogens with zero attached hydrogens (tertiary/aromatic N) is 2. The van der Waals surface area contributed by atoms with Gasteiger partial charge in [0.25, 0.3) is 0 Å². The predicted octanol–water partition coefficient (Wildman–Crippen LogP) is 4.09. The van der Waals surface area contributed by atoms with E-state index in [0.29, 0.717) is 5.41 Å². The number of likely N-dealkylation sites (tertiary alicyclic amines) is 1. The van der Waals surface area contributed by atoms with Crippen molar-refractivity contribution in [3.8, 4) is 5.75 Å². The first-order valence-corrected chi connectivity index (χ1v) is 9.42. The molecule has 2 fully saturated rings. The van der Waals surface area contributed by atoms with E-state index in [1.54, 1.807) is 0 Å². The Morgan fingerprint density at radius 2 is 2.16 bits per heavy atom. The quantitative estimate of drug-likeness (QED) is 0.397. The molecule has 1 aliphatic carbocycles. The molecule has 1 spiro atoms. The summed E-state index contributed by atoms with van der Waals surface area (Å²) in [6, 6.07) is 8.44. The molecule has 4 nitrogen and oxygen atoms in total. The average Bonchev–Trinajstić information content (AvgIpc) is 3.03. The van der Waals surface area contributed by atoms with Gasteiger partial charge >= 0.3 is 0 Å². The molecular formula is C20H32IN3O. The SMILES string of the molecule is CCCOc1cccc(CCNC(=NC)N2CCC3(CCC3)C2)c1.I. The van der Waals surface area contributed by atoms with Crippen LogP contribution in [0.25, 0.3) is 0 Å². The number of hydrogen-bond donors (Lipinski definition) is 1. The molecule has 0 aromatic heterocycles. The van der Waals surface area contributed by atoms with E-state index in [1.165, 1.54) is 37.8 Å². The Morgan fingerprint density at radius 3 is 2.80 bits per heavy atom. The van der Waals surface area contributed by atoms with Crippen LogP contribution in [0.2, 0.25) is 0 Å². The van der Waals surface area contributed by atoms with Crippen LogP contribution in [-0.2, 0) is 6.42 Å². The van der Waals surface area contributed by atoms with Crippen molar-refractivity contribution in [3.63, 3.8) is 0 Å². The maximum atomic E-state index is 5.72. The van der Waals surface area contributed by atoms with Crippen LogP contribution < -0.4 is 10.1 Å². The van der Waals surface area contributed by atoms with E-state index in [9.17, 15) is 0 Å². The van der Waals surface area contributed by atoms with Gasteiger partial charge in [-0.15, -0.1) is 24.0 Å². The first-order chi connectivity index (χ1) is 11.7. The number of hydrogen-bond acceptors (Lipinski definition) is 2. The Kier molecular flexibility index (Phi) is 7.84. The number of nitrogens with one attached hydrogen (secondary N) is 1. The van der Waals surface area contributed by atoms with Crippen molar-refractivity contribution in [1.82, 2.24) is 10.2 Å². The molecule has 1 aliphatic heterocycles. The molecule has 0 bridgehead atoms. The minimum atomic E-state index is 0. The molecule has 1 saturated heterocycles. The van der Waals surface area contributed by atoms with Crippen LogP contribution in [-0.4, -0.2) is 44.1 Å². The van der Waals surface area contributed by atoms with E-state index in [0.717, 1.165) is 44.2 Å². The van der Waals surface area contributed by atoms with Gasteiger partial charge in [0, 0.05) is 26.7 Å². The molecule has 140 valence electrons. The summed E-state index contributed by atoms with van der Waals surface area (Å²) < 4.78 is 5.72. The third-order valence-corrected chi connectivity index (χ3v) is 5.43. The summed E-state index contributed by atoms with van der Waals surface area (Å²) in [5.41, 5.74) is 1.92. The van der Waals surface area contributed by atoms with Gasteiger partial charge in [-0.25, -0.2) is 0 Å². The second kappa shape index (κ2) is 9.64. The number of guanidine groups is 1. The molecule has 0 atom stereocenters. The van der Waals surface area contributed by atoms with Crippen LogP contribution in [0.1, 0.15) is 44.6 Å². The van der Waals surface area contributed by atoms with Gasteiger partial charge < -0.3 is 15.0 Å². The zero-order chi connectivity index (χ0) is 16.8. The average molecular weight is 457 g/mol. The lowest BCUT2D eigenvalue weighted by molar-refractivity contribution is 0.151. The highest BCUT2D eigenvalue weighted by Gasteiger charge is 2.43. The Balaban J connectivity index is 0.00000225. The molecule has 1 aromatic carbocycles. The van der Waals surface area contributed by atoms with E-state index in [-0.39, 0.29) is 24.0 Å². The van der Waals surface area contributed by atoms with Crippen molar-refractivity contribution in [2.24, 2.45) is 10.4 Å². The molecule has 3 rings (SSSR count). The Bertz CT molecular complexity index is 572. The van der Waals surface area contributed by atoms with Crippen LogP contribution in [0.3, 0.4) is 0 Å². The lowest BCUT2D eigenvalue weighted by Crippen LogP contribution is -2.43. The summed E-state index contributed by atoms with van der Waals surface area (Å²) in [7, 11) is 1.90. The smallest absolute Gasteiger partial charge is 0.193 e. The Hall–Kier alpha value is -0.980. The van der Waals surface area contributed by atoms with Crippen molar-refractivity contribution < 1.29 is 4.74 Å². The van der Waals surface area contributed by atoms with Crippen molar-refractivity contribution in [3.05, 3.63) is 29.8 Å². The van der Waals surface area contributed by atoms with Gasteiger partial charge in [0.2, 0.25) is 0 Å². The molecule has 1 saturated carbocycles. The number of halogens is 1. The zero-order valence-corrected chi connectivity index (χ0v) is 17.9. The number of ether oxygens (including phenoxy) is 1. The molecular weight excluding hydrogens is 425 g/mol. The number of rotatable bonds is 6. The van der Waals surface area contributed by atoms with Crippen molar-refractivity contribution in [1.29, 1.82) is 0 Å². The summed E-state index contributed by atoms with van der Waals surface area (Å²) in [6.07, 6.45) is 7.59. The summed E-state index contributed by atoms with van der Waals surface area (Å²) in [6.45, 7) is 6.16. The molecule has 25 heavy (non-hydrogen) atoms. The number of benzene rings is 1. The van der Waals surface area contributed by atoms with E-state index in [1.807, 2.05) is 13.1 Å². The van der Waals surface area contributed by atoms with Gasteiger partial charge in [-0.2, -0.15) is 0 Å². The standard InChI is InChI=1S/C20H31N3O.HI/c1-3-14-24-18-7-4-6-17(15-18)8-12-22-19(21-2)23-13-11-20(16-23)9-5-10-20;/h4,6-7,15H,3,5,8-14,16H2,1-2H3,(H,21,22);1H. The molecule has 1 N–H and O–H groups in total. The highest BCUT2D eigenvalue weighted by atomic mass is 127. The second-order valence-corrected chi connectivity index (χ2v) is 7.24. The molecule has 0 radical (unpaired) electrons. The van der Waals surface area contributed by atoms with E-state index >= 15 is 0 Å². The van der Waals surface area contributed by atoms with Crippen molar-refractivity contribution in [2.75, 3.05) is 33.3 Å². The maximum absolute atomic E-state index is 5.72. The minimum Gasteiger partial charge on any atom is -0.494 e. The maximum Gasteiger partial charge on any atom is 0.193 e. The number of aliphatic imine (C=N–C) groups is 1. The van der Waals surface area contributed by atoms with Crippen molar-refractivity contribution >= 4 is 29.9 Å². The van der Waals surface area contributed by atoms with Gasteiger partial charge in [0.1, 0.15) is 5.75 Å². The van der Waals surface area contributed by atoms with Gasteiger partial charge in [-0.3, -0.25) is 4.99 Å². The van der Waals surface area contributed by atoms with Gasteiger partial charge in [-0.05, 0) is 55.2 Å². The third kappa shape index (κ3) is 5.25. The highest BCUT2D eigenvalue weighted by Crippen LogP contribution is 2.47. The molecule has 1 heterocycles. The minimum absolute atomic E-state index is 0. The van der Waals surface area contributed by atoms with Gasteiger partial charge in [0.15, 0.2) is 5.96 Å². The second-order valence-electron chi connectivity index (χ2n) is 7.24. The fraction of sp³-hybridized carbons (Fsp3) is 0.650. The largest absolute Gasteiger partial charge is 0.494 e. The van der Waals surface area contributed by atoms with Crippen LogP contribution in [0.15, 0.2) is 29.3 Å². The summed E-state index contributed by atoms with van der Waals surface area (Å²) in [4.78, 5) is 6.93. The predicted molar refractivity (Wildman–Crippen MR) is 115 cm³/mol.